The Morgan fingerprint density at radius 2 is 1.68 bits per heavy atom. The normalized spacial score (nSPS) is 30.5. The number of alkyl halides is 1. The Hall–Kier alpha value is -1.17. The lowest BCUT2D eigenvalue weighted by Gasteiger charge is -2.42. The number of amides is 2. The summed E-state index contributed by atoms with van der Waals surface area (Å²) >= 11 is 0. The largest absolute Gasteiger partial charge is 0.394 e. The maximum absolute atomic E-state index is 13.4. The van der Waals surface area contributed by atoms with Crippen molar-refractivity contribution in [3.05, 3.63) is 0 Å². The molecule has 0 bridgehead atoms. The Balaban J connectivity index is 1.50. The zero-order valence-electron chi connectivity index (χ0n) is 12.9. The van der Waals surface area contributed by atoms with Gasteiger partial charge in [-0.2, -0.15) is 0 Å². The first kappa shape index (κ1) is 15.7. The highest BCUT2D eigenvalue weighted by atomic mass is 19.1. The van der Waals surface area contributed by atoms with Gasteiger partial charge in [-0.1, -0.05) is 19.3 Å². The highest BCUT2D eigenvalue weighted by Gasteiger charge is 2.44. The SMILES string of the molecule is O=C(C1CCCCC1)N1CC(C(=O)N2CC(F)CC2CO)C1. The molecule has 0 radical (unpaired) electrons. The third-order valence-corrected chi connectivity index (χ3v) is 5.35. The summed E-state index contributed by atoms with van der Waals surface area (Å²) in [6.07, 6.45) is 4.58. The van der Waals surface area contributed by atoms with E-state index in [0.717, 1.165) is 25.7 Å². The van der Waals surface area contributed by atoms with Crippen molar-refractivity contribution in [3.8, 4) is 0 Å². The summed E-state index contributed by atoms with van der Waals surface area (Å²) in [6, 6.07) is -0.398. The average molecular weight is 312 g/mol. The molecule has 3 rings (SSSR count). The maximum atomic E-state index is 13.4. The number of carbonyl (C=O) groups is 2. The quantitative estimate of drug-likeness (QED) is 0.844. The van der Waals surface area contributed by atoms with Crippen LogP contribution in [0.3, 0.4) is 0 Å². The van der Waals surface area contributed by atoms with Gasteiger partial charge < -0.3 is 14.9 Å². The number of nitrogens with zero attached hydrogens (tertiary/aromatic N) is 2. The molecule has 0 aromatic rings. The monoisotopic (exact) mass is 312 g/mol. The summed E-state index contributed by atoms with van der Waals surface area (Å²) in [5, 5.41) is 9.26. The van der Waals surface area contributed by atoms with Crippen molar-refractivity contribution in [1.29, 1.82) is 0 Å². The molecule has 1 N–H and O–H groups in total. The van der Waals surface area contributed by atoms with Crippen LogP contribution in [-0.4, -0.2) is 65.2 Å². The van der Waals surface area contributed by atoms with E-state index >= 15 is 0 Å². The summed E-state index contributed by atoms with van der Waals surface area (Å²) in [7, 11) is 0. The summed E-state index contributed by atoms with van der Waals surface area (Å²) < 4.78 is 13.4. The van der Waals surface area contributed by atoms with Crippen LogP contribution in [0.1, 0.15) is 38.5 Å². The van der Waals surface area contributed by atoms with Crippen molar-refractivity contribution in [2.24, 2.45) is 11.8 Å². The van der Waals surface area contributed by atoms with Crippen LogP contribution in [0.15, 0.2) is 0 Å². The molecule has 2 saturated heterocycles. The number of hydrogen-bond donors (Lipinski definition) is 1. The summed E-state index contributed by atoms with van der Waals surface area (Å²) in [4.78, 5) is 28.0. The first-order valence-electron chi connectivity index (χ1n) is 8.44. The molecule has 0 aromatic carbocycles. The molecule has 0 aromatic heterocycles. The van der Waals surface area contributed by atoms with Crippen molar-refractivity contribution in [2.75, 3.05) is 26.2 Å². The molecule has 1 aliphatic carbocycles. The number of hydrogen-bond acceptors (Lipinski definition) is 3. The Bertz CT molecular complexity index is 433. The first-order chi connectivity index (χ1) is 10.6. The highest BCUT2D eigenvalue weighted by Crippen LogP contribution is 2.30. The molecule has 1 saturated carbocycles. The van der Waals surface area contributed by atoms with Gasteiger partial charge in [0.05, 0.1) is 25.1 Å². The van der Waals surface area contributed by atoms with Crippen molar-refractivity contribution in [2.45, 2.75) is 50.7 Å². The molecular formula is C16H25FN2O3. The van der Waals surface area contributed by atoms with Gasteiger partial charge in [-0.3, -0.25) is 9.59 Å². The zero-order chi connectivity index (χ0) is 15.7. The van der Waals surface area contributed by atoms with Gasteiger partial charge in [-0.05, 0) is 12.8 Å². The first-order valence-corrected chi connectivity index (χ1v) is 8.44. The average Bonchev–Trinajstić information content (AvgIpc) is 2.87. The number of likely N-dealkylation sites (tertiary alicyclic amines) is 2. The van der Waals surface area contributed by atoms with Crippen molar-refractivity contribution in [3.63, 3.8) is 0 Å². The van der Waals surface area contributed by atoms with Gasteiger partial charge in [0.2, 0.25) is 11.8 Å². The van der Waals surface area contributed by atoms with Crippen LogP contribution in [0.25, 0.3) is 0 Å². The number of carbonyl (C=O) groups excluding carboxylic acids is 2. The fourth-order valence-corrected chi connectivity index (χ4v) is 3.96. The van der Waals surface area contributed by atoms with E-state index in [1.165, 1.54) is 11.3 Å². The lowest BCUT2D eigenvalue weighted by molar-refractivity contribution is -0.152. The Morgan fingerprint density at radius 1 is 1.00 bits per heavy atom. The summed E-state index contributed by atoms with van der Waals surface area (Å²) in [5.41, 5.74) is 0. The molecule has 0 spiro atoms. The second kappa shape index (κ2) is 6.52. The molecule has 3 aliphatic rings. The molecule has 22 heavy (non-hydrogen) atoms. The highest BCUT2D eigenvalue weighted by molar-refractivity contribution is 5.86. The topological polar surface area (TPSA) is 60.9 Å². The molecule has 124 valence electrons. The van der Waals surface area contributed by atoms with Gasteiger partial charge in [0, 0.05) is 25.4 Å². The van der Waals surface area contributed by atoms with E-state index in [1.807, 2.05) is 0 Å². The molecule has 6 heteroatoms. The Morgan fingerprint density at radius 3 is 2.32 bits per heavy atom. The van der Waals surface area contributed by atoms with E-state index in [0.29, 0.717) is 13.1 Å². The predicted molar refractivity (Wildman–Crippen MR) is 78.7 cm³/mol. The van der Waals surface area contributed by atoms with Gasteiger partial charge in [0.1, 0.15) is 6.17 Å². The molecule has 2 unspecified atom stereocenters. The second-order valence-electron chi connectivity index (χ2n) is 6.94. The van der Waals surface area contributed by atoms with E-state index in [4.69, 9.17) is 0 Å². The van der Waals surface area contributed by atoms with E-state index in [2.05, 4.69) is 0 Å². The minimum Gasteiger partial charge on any atom is -0.394 e. The predicted octanol–water partition coefficient (Wildman–Crippen LogP) is 0.956. The Labute approximate surface area is 130 Å². The number of aliphatic hydroxyl groups is 1. The maximum Gasteiger partial charge on any atom is 0.229 e. The lowest BCUT2D eigenvalue weighted by Crippen LogP contribution is -2.58. The third kappa shape index (κ3) is 2.98. The van der Waals surface area contributed by atoms with Crippen LogP contribution in [0, 0.1) is 11.8 Å². The molecule has 3 fully saturated rings. The smallest absolute Gasteiger partial charge is 0.229 e. The van der Waals surface area contributed by atoms with Gasteiger partial charge >= 0.3 is 0 Å². The molecule has 2 amide bonds. The van der Waals surface area contributed by atoms with Gasteiger partial charge in [-0.15, -0.1) is 0 Å². The minimum atomic E-state index is -1.04. The van der Waals surface area contributed by atoms with Crippen LogP contribution in [0.5, 0.6) is 0 Å². The second-order valence-corrected chi connectivity index (χ2v) is 6.94. The van der Waals surface area contributed by atoms with Crippen molar-refractivity contribution < 1.29 is 19.1 Å². The summed E-state index contributed by atoms with van der Waals surface area (Å²) in [6.45, 7) is 0.806. The molecule has 2 heterocycles. The van der Waals surface area contributed by atoms with Crippen LogP contribution in [0.4, 0.5) is 4.39 Å². The van der Waals surface area contributed by atoms with Gasteiger partial charge in [0.25, 0.3) is 0 Å². The molecule has 5 nitrogen and oxygen atoms in total. The third-order valence-electron chi connectivity index (χ3n) is 5.35. The van der Waals surface area contributed by atoms with E-state index in [1.54, 1.807) is 4.90 Å². The number of aliphatic hydroxyl groups excluding tert-OH is 1. The Kier molecular flexibility index (Phi) is 4.66. The molecular weight excluding hydrogens is 287 g/mol. The van der Waals surface area contributed by atoms with Crippen LogP contribution in [0.2, 0.25) is 0 Å². The molecule has 2 aliphatic heterocycles. The molecule has 2 atom stereocenters. The van der Waals surface area contributed by atoms with Crippen molar-refractivity contribution in [1.82, 2.24) is 9.80 Å². The minimum absolute atomic E-state index is 0.0805. The van der Waals surface area contributed by atoms with Crippen LogP contribution in [-0.2, 0) is 9.59 Å². The standard InChI is InChI=1S/C16H25FN2O3/c17-13-6-14(10-20)19(9-13)16(22)12-7-18(8-12)15(21)11-4-2-1-3-5-11/h11-14,20H,1-10H2. The zero-order valence-corrected chi connectivity index (χ0v) is 12.9. The van der Waals surface area contributed by atoms with E-state index < -0.39 is 12.2 Å². The number of halogens is 1. The van der Waals surface area contributed by atoms with E-state index in [-0.39, 0.29) is 43.2 Å². The fourth-order valence-electron chi connectivity index (χ4n) is 3.96. The van der Waals surface area contributed by atoms with Crippen LogP contribution >= 0.6 is 0 Å². The van der Waals surface area contributed by atoms with Gasteiger partial charge in [-0.25, -0.2) is 4.39 Å². The van der Waals surface area contributed by atoms with Crippen molar-refractivity contribution >= 4 is 11.8 Å². The van der Waals surface area contributed by atoms with E-state index in [9.17, 15) is 19.1 Å². The lowest BCUT2D eigenvalue weighted by atomic mass is 9.86. The summed E-state index contributed by atoms with van der Waals surface area (Å²) in [5.74, 6) is 0.00281. The number of rotatable bonds is 3. The van der Waals surface area contributed by atoms with Gasteiger partial charge in [0.15, 0.2) is 0 Å². The van der Waals surface area contributed by atoms with Crippen LogP contribution < -0.4 is 0 Å². The fraction of sp³-hybridized carbons (Fsp3) is 0.875.